The molecular weight excluding hydrogens is 362 g/mol. The van der Waals surface area contributed by atoms with E-state index in [0.29, 0.717) is 31.6 Å². The number of benzene rings is 1. The highest BCUT2D eigenvalue weighted by molar-refractivity contribution is 9.10. The number of halogens is 1. The maximum absolute atomic E-state index is 12.7. The average Bonchev–Trinajstić information content (AvgIpc) is 2.83. The molecule has 3 amide bonds. The lowest BCUT2D eigenvalue weighted by Crippen LogP contribution is -2.47. The van der Waals surface area contributed by atoms with E-state index in [1.807, 2.05) is 17.0 Å². The number of carbonyl (C=O) groups excluding carboxylic acids is 3. The van der Waals surface area contributed by atoms with E-state index in [1.54, 1.807) is 12.1 Å². The van der Waals surface area contributed by atoms with Crippen molar-refractivity contribution in [3.63, 3.8) is 0 Å². The van der Waals surface area contributed by atoms with Crippen LogP contribution < -0.4 is 10.6 Å². The topological polar surface area (TPSA) is 83.7 Å². The van der Waals surface area contributed by atoms with Crippen molar-refractivity contribution in [1.82, 2.24) is 4.90 Å². The summed E-state index contributed by atoms with van der Waals surface area (Å²) in [6.07, 6.45) is 1.48. The predicted molar refractivity (Wildman–Crippen MR) is 88.5 cm³/mol. The normalized spacial score (nSPS) is 23.5. The minimum atomic E-state index is -0.431. The summed E-state index contributed by atoms with van der Waals surface area (Å²) in [5, 5.41) is 0. The largest absolute Gasteiger partial charge is 0.369 e. The highest BCUT2D eigenvalue weighted by atomic mass is 79.9. The van der Waals surface area contributed by atoms with Crippen LogP contribution in [0.5, 0.6) is 0 Å². The maximum Gasteiger partial charge on any atom is 0.251 e. The fourth-order valence-electron chi connectivity index (χ4n) is 3.26. The first kappa shape index (κ1) is 16.1. The zero-order chi connectivity index (χ0) is 16.6. The summed E-state index contributed by atoms with van der Waals surface area (Å²) in [5.74, 6) is -0.773. The molecule has 2 aliphatic heterocycles. The average molecular weight is 380 g/mol. The van der Waals surface area contributed by atoms with Crippen LogP contribution in [0.1, 0.15) is 19.3 Å². The van der Waals surface area contributed by atoms with Crippen molar-refractivity contribution in [3.8, 4) is 0 Å². The monoisotopic (exact) mass is 379 g/mol. The summed E-state index contributed by atoms with van der Waals surface area (Å²) in [5.41, 5.74) is 5.93. The van der Waals surface area contributed by atoms with Crippen LogP contribution in [0.2, 0.25) is 0 Å². The number of hydrogen-bond acceptors (Lipinski definition) is 4. The molecule has 2 aliphatic rings. The summed E-state index contributed by atoms with van der Waals surface area (Å²) < 4.78 is 0.894. The zero-order valence-corrected chi connectivity index (χ0v) is 14.2. The van der Waals surface area contributed by atoms with Gasteiger partial charge in [0.2, 0.25) is 11.8 Å². The van der Waals surface area contributed by atoms with Gasteiger partial charge in [0, 0.05) is 10.4 Å². The van der Waals surface area contributed by atoms with Crippen molar-refractivity contribution in [3.05, 3.63) is 28.7 Å². The number of nitrogens with two attached hydrogens (primary N) is 1. The Morgan fingerprint density at radius 2 is 1.74 bits per heavy atom. The number of likely N-dealkylation sites (tertiary alicyclic amines) is 1. The summed E-state index contributed by atoms with van der Waals surface area (Å²) in [7, 11) is 0. The number of piperidine rings is 1. The highest BCUT2D eigenvalue weighted by Gasteiger charge is 2.43. The van der Waals surface area contributed by atoms with Gasteiger partial charge in [-0.2, -0.15) is 0 Å². The summed E-state index contributed by atoms with van der Waals surface area (Å²) in [6, 6.07) is 6.69. The second-order valence-corrected chi connectivity index (χ2v) is 6.89. The molecule has 0 aromatic heterocycles. The quantitative estimate of drug-likeness (QED) is 0.801. The van der Waals surface area contributed by atoms with Crippen LogP contribution >= 0.6 is 15.9 Å². The summed E-state index contributed by atoms with van der Waals surface area (Å²) in [4.78, 5) is 39.5. The molecule has 3 rings (SSSR count). The van der Waals surface area contributed by atoms with E-state index in [0.717, 1.165) is 4.47 Å². The number of hydrogen-bond donors (Lipinski definition) is 1. The van der Waals surface area contributed by atoms with Gasteiger partial charge < -0.3 is 5.73 Å². The van der Waals surface area contributed by atoms with Gasteiger partial charge in [-0.25, -0.2) is 4.90 Å². The Morgan fingerprint density at radius 1 is 1.13 bits per heavy atom. The third-order valence-electron chi connectivity index (χ3n) is 4.58. The Balaban J connectivity index is 1.72. The Morgan fingerprint density at radius 3 is 2.30 bits per heavy atom. The first-order chi connectivity index (χ1) is 11.0. The molecule has 2 heterocycles. The van der Waals surface area contributed by atoms with Crippen LogP contribution in [-0.4, -0.2) is 41.8 Å². The minimum Gasteiger partial charge on any atom is -0.369 e. The van der Waals surface area contributed by atoms with Crippen molar-refractivity contribution in [1.29, 1.82) is 0 Å². The molecule has 0 aliphatic carbocycles. The SMILES string of the molecule is NC(=O)C1CCN(C2CC(=O)N(c3ccc(Br)cc3)C2=O)CC1. The van der Waals surface area contributed by atoms with Crippen LogP contribution in [0.4, 0.5) is 5.69 Å². The number of amides is 3. The van der Waals surface area contributed by atoms with E-state index >= 15 is 0 Å². The molecule has 0 radical (unpaired) electrons. The molecule has 2 fully saturated rings. The molecule has 2 saturated heterocycles. The van der Waals surface area contributed by atoms with E-state index in [-0.39, 0.29) is 30.1 Å². The fourth-order valence-corrected chi connectivity index (χ4v) is 3.52. The zero-order valence-electron chi connectivity index (χ0n) is 12.6. The molecule has 1 unspecified atom stereocenters. The molecule has 122 valence electrons. The van der Waals surface area contributed by atoms with Gasteiger partial charge in [0.25, 0.3) is 5.91 Å². The van der Waals surface area contributed by atoms with Crippen molar-refractivity contribution in [2.24, 2.45) is 11.7 Å². The molecule has 1 atom stereocenters. The van der Waals surface area contributed by atoms with Gasteiger partial charge in [0.1, 0.15) is 0 Å². The van der Waals surface area contributed by atoms with Crippen molar-refractivity contribution < 1.29 is 14.4 Å². The van der Waals surface area contributed by atoms with Gasteiger partial charge in [-0.1, -0.05) is 15.9 Å². The van der Waals surface area contributed by atoms with E-state index in [9.17, 15) is 14.4 Å². The highest BCUT2D eigenvalue weighted by Crippen LogP contribution is 2.29. The number of nitrogens with zero attached hydrogens (tertiary/aromatic N) is 2. The van der Waals surface area contributed by atoms with Crippen LogP contribution in [0.15, 0.2) is 28.7 Å². The van der Waals surface area contributed by atoms with Gasteiger partial charge in [-0.15, -0.1) is 0 Å². The second kappa shape index (κ2) is 6.41. The smallest absolute Gasteiger partial charge is 0.251 e. The molecule has 1 aromatic carbocycles. The van der Waals surface area contributed by atoms with Crippen LogP contribution in [0, 0.1) is 5.92 Å². The summed E-state index contributed by atoms with van der Waals surface area (Å²) >= 11 is 3.34. The van der Waals surface area contributed by atoms with E-state index < -0.39 is 6.04 Å². The number of imide groups is 1. The van der Waals surface area contributed by atoms with Gasteiger partial charge in [-0.3, -0.25) is 19.3 Å². The molecule has 7 heteroatoms. The third-order valence-corrected chi connectivity index (χ3v) is 5.11. The van der Waals surface area contributed by atoms with Crippen LogP contribution in [0.3, 0.4) is 0 Å². The third kappa shape index (κ3) is 3.16. The van der Waals surface area contributed by atoms with E-state index in [4.69, 9.17) is 5.73 Å². The lowest BCUT2D eigenvalue weighted by atomic mass is 9.95. The lowest BCUT2D eigenvalue weighted by molar-refractivity contribution is -0.124. The standard InChI is InChI=1S/C16H18BrN3O3/c17-11-1-3-12(4-2-11)20-14(21)9-13(16(20)23)19-7-5-10(6-8-19)15(18)22/h1-4,10,13H,5-9H2,(H2,18,22). The number of primary amides is 1. The van der Waals surface area contributed by atoms with E-state index in [2.05, 4.69) is 15.9 Å². The van der Waals surface area contributed by atoms with E-state index in [1.165, 1.54) is 4.90 Å². The number of anilines is 1. The van der Waals surface area contributed by atoms with Crippen molar-refractivity contribution >= 4 is 39.3 Å². The number of carbonyl (C=O) groups is 3. The number of rotatable bonds is 3. The Kier molecular flexibility index (Phi) is 4.50. The Bertz CT molecular complexity index is 638. The lowest BCUT2D eigenvalue weighted by Gasteiger charge is -2.33. The molecule has 6 nitrogen and oxygen atoms in total. The molecule has 1 aromatic rings. The second-order valence-electron chi connectivity index (χ2n) is 5.98. The molecule has 0 spiro atoms. The Hall–Kier alpha value is -1.73. The molecular formula is C16H18BrN3O3. The molecule has 0 saturated carbocycles. The van der Waals surface area contributed by atoms with Crippen LogP contribution in [0.25, 0.3) is 0 Å². The fraction of sp³-hybridized carbons (Fsp3) is 0.438. The molecule has 2 N–H and O–H groups in total. The van der Waals surface area contributed by atoms with Gasteiger partial charge in [0.15, 0.2) is 0 Å². The van der Waals surface area contributed by atoms with Crippen molar-refractivity contribution in [2.75, 3.05) is 18.0 Å². The minimum absolute atomic E-state index is 0.124. The maximum atomic E-state index is 12.7. The van der Waals surface area contributed by atoms with Crippen LogP contribution in [-0.2, 0) is 14.4 Å². The first-order valence-electron chi connectivity index (χ1n) is 7.63. The molecule has 23 heavy (non-hydrogen) atoms. The van der Waals surface area contributed by atoms with Gasteiger partial charge in [0.05, 0.1) is 18.2 Å². The van der Waals surface area contributed by atoms with Crippen molar-refractivity contribution in [2.45, 2.75) is 25.3 Å². The first-order valence-corrected chi connectivity index (χ1v) is 8.42. The van der Waals surface area contributed by atoms with Gasteiger partial charge >= 0.3 is 0 Å². The predicted octanol–water partition coefficient (Wildman–Crippen LogP) is 1.28. The Labute approximate surface area is 142 Å². The molecule has 0 bridgehead atoms. The van der Waals surface area contributed by atoms with Gasteiger partial charge in [-0.05, 0) is 50.2 Å². The summed E-state index contributed by atoms with van der Waals surface area (Å²) in [6.45, 7) is 1.23.